The molecule has 2 heterocycles. The van der Waals surface area contributed by atoms with Gasteiger partial charge in [0, 0.05) is 79.2 Å². The Bertz CT molecular complexity index is 4830. The lowest BCUT2D eigenvalue weighted by Crippen LogP contribution is -2.65. The molecule has 1 fully saturated rings. The molecule has 130 heavy (non-hydrogen) atoms. The number of unbranched alkanes of at least 4 members (excludes halogenated alkanes) is 4. The van der Waals surface area contributed by atoms with Crippen LogP contribution in [0.4, 0.5) is 0 Å². The summed E-state index contributed by atoms with van der Waals surface area (Å²) in [6.07, 6.45) is -0.961. The Hall–Kier alpha value is -11.5. The molecule has 5 aromatic rings. The van der Waals surface area contributed by atoms with Gasteiger partial charge in [-0.1, -0.05) is 121 Å². The number of ether oxygens (including phenoxy) is 1. The van der Waals surface area contributed by atoms with Gasteiger partial charge in [0.25, 0.3) is 0 Å². The topological polar surface area (TPSA) is 596 Å². The number of hydrogen-bond acceptors (Lipinski definition) is 23. The van der Waals surface area contributed by atoms with Crippen molar-refractivity contribution < 1.29 is 91.4 Å². The molecule has 4 aromatic carbocycles. The summed E-state index contributed by atoms with van der Waals surface area (Å²) >= 11 is 0. The number of aliphatic hydroxyl groups excluding tert-OH is 1. The quantitative estimate of drug-likeness (QED) is 0.0195. The summed E-state index contributed by atoms with van der Waals surface area (Å²) in [5.41, 5.74) is 24.0. The summed E-state index contributed by atoms with van der Waals surface area (Å²) in [4.78, 5) is 247. The lowest BCUT2D eigenvalue weighted by Gasteiger charge is -2.39. The van der Waals surface area contributed by atoms with Gasteiger partial charge in [0.2, 0.25) is 88.6 Å². The number of ketones is 2. The fourth-order valence-electron chi connectivity index (χ4n) is 14.8. The monoisotopic (exact) mass is 1840 g/mol. The van der Waals surface area contributed by atoms with Crippen molar-refractivity contribution in [1.82, 2.24) is 74.1 Å². The molecule has 23 N–H and O–H groups in total. The van der Waals surface area contributed by atoms with Crippen molar-refractivity contribution in [2.75, 3.05) is 26.2 Å². The minimum Gasteiger partial charge on any atom is -0.492 e. The first-order valence-corrected chi connectivity index (χ1v) is 46.0. The Morgan fingerprint density at radius 1 is 0.577 bits per heavy atom. The molecule has 1 aromatic heterocycles. The third-order valence-electron chi connectivity index (χ3n) is 22.1. The van der Waals surface area contributed by atoms with Gasteiger partial charge in [-0.05, 0) is 178 Å². The molecule has 0 radical (unpaired) electrons. The number of amides is 15. The second-order valence-corrected chi connectivity index (χ2v) is 38.4. The second kappa shape index (κ2) is 51.2. The number of hydrogen-bond donors (Lipinski definition) is 19. The largest absolute Gasteiger partial charge is 0.492 e. The highest BCUT2D eigenvalue weighted by molar-refractivity contribution is 8.77. The van der Waals surface area contributed by atoms with Crippen LogP contribution >= 0.6 is 21.6 Å². The summed E-state index contributed by atoms with van der Waals surface area (Å²) in [5, 5.41) is 48.6. The molecule has 37 nitrogen and oxygen atoms in total. The summed E-state index contributed by atoms with van der Waals surface area (Å²) in [6.45, 7) is 19.9. The van der Waals surface area contributed by atoms with Crippen molar-refractivity contribution >= 4 is 143 Å². The van der Waals surface area contributed by atoms with Gasteiger partial charge >= 0.3 is 0 Å². The number of aromatic nitrogens is 1. The van der Waals surface area contributed by atoms with Crippen LogP contribution in [-0.2, 0) is 101 Å². The number of nitrogens with two attached hydrogens (primary N) is 4. The van der Waals surface area contributed by atoms with E-state index in [1.54, 1.807) is 80.7 Å². The van der Waals surface area contributed by atoms with Crippen molar-refractivity contribution in [3.63, 3.8) is 0 Å². The first-order valence-electron chi connectivity index (χ1n) is 43.9. The summed E-state index contributed by atoms with van der Waals surface area (Å²) in [7, 11) is 1.84. The number of primary amides is 2. The Morgan fingerprint density at radius 3 is 1.82 bits per heavy atom. The van der Waals surface area contributed by atoms with E-state index in [1.807, 2.05) is 45.0 Å². The molecule has 1 aliphatic rings. The van der Waals surface area contributed by atoms with E-state index in [-0.39, 0.29) is 121 Å². The van der Waals surface area contributed by atoms with E-state index < -0.39 is 189 Å². The predicted octanol–water partition coefficient (Wildman–Crippen LogP) is 1.92. The molecule has 39 heteroatoms. The number of rotatable bonds is 45. The van der Waals surface area contributed by atoms with E-state index in [1.165, 1.54) is 41.5 Å². The van der Waals surface area contributed by atoms with Gasteiger partial charge < -0.3 is 112 Å². The molecule has 0 aliphatic carbocycles. The molecule has 0 unspecified atom stereocenters. The smallest absolute Gasteiger partial charge is 0.246 e. The first-order chi connectivity index (χ1) is 61.2. The molecule has 6 rings (SSSR count). The molecule has 712 valence electrons. The number of para-hydroxylation sites is 1. The average molecular weight is 1850 g/mol. The van der Waals surface area contributed by atoms with Gasteiger partial charge in [0.1, 0.15) is 84.1 Å². The second-order valence-electron chi connectivity index (χ2n) is 34.9. The number of benzene rings is 4. The molecule has 13 atom stereocenters. The zero-order chi connectivity index (χ0) is 96.5. The Kier molecular flexibility index (Phi) is 42.2. The summed E-state index contributed by atoms with van der Waals surface area (Å²) < 4.78 is 2.61. The lowest BCUT2D eigenvalue weighted by atomic mass is 9.91. The van der Waals surface area contributed by atoms with Gasteiger partial charge in [0.15, 0.2) is 5.78 Å². The van der Waals surface area contributed by atoms with E-state index in [4.69, 9.17) is 27.7 Å². The highest BCUT2D eigenvalue weighted by atomic mass is 33.1. The summed E-state index contributed by atoms with van der Waals surface area (Å²) in [5.74, 6) is -14.7. The van der Waals surface area contributed by atoms with Crippen LogP contribution in [0.15, 0.2) is 91.1 Å². The normalized spacial score (nSPS) is 19.3. The minimum atomic E-state index is -2.01. The zero-order valence-corrected chi connectivity index (χ0v) is 78.1. The van der Waals surface area contributed by atoms with E-state index in [0.29, 0.717) is 52.6 Å². The maximum absolute atomic E-state index is 16.4. The predicted molar refractivity (Wildman–Crippen MR) is 495 cm³/mol. The average Bonchev–Trinajstić information content (AvgIpc) is 1.42. The Morgan fingerprint density at radius 2 is 1.18 bits per heavy atom. The van der Waals surface area contributed by atoms with Crippen LogP contribution in [0.1, 0.15) is 195 Å². The van der Waals surface area contributed by atoms with E-state index >= 15 is 28.8 Å². The highest BCUT2D eigenvalue weighted by Crippen LogP contribution is 2.47. The number of H-pyrrole nitrogens is 1. The first kappa shape index (κ1) is 107. The Labute approximate surface area is 765 Å². The van der Waals surface area contributed by atoms with Crippen LogP contribution in [0, 0.1) is 12.8 Å². The fraction of sp³-hybridized carbons (Fsp3) is 0.549. The third-order valence-corrected chi connectivity index (χ3v) is 26.4. The molecule has 1 saturated heterocycles. The van der Waals surface area contributed by atoms with Crippen LogP contribution in [-0.4, -0.2) is 224 Å². The molecule has 0 spiro atoms. The number of aliphatic hydroxyl groups is 1. The van der Waals surface area contributed by atoms with Gasteiger partial charge in [-0.3, -0.25) is 76.7 Å². The van der Waals surface area contributed by atoms with E-state index in [2.05, 4.69) is 74.1 Å². The van der Waals surface area contributed by atoms with Crippen molar-refractivity contribution in [2.24, 2.45) is 28.9 Å². The van der Waals surface area contributed by atoms with Crippen LogP contribution in [0.25, 0.3) is 21.7 Å². The zero-order valence-electron chi connectivity index (χ0n) is 76.4. The molecule has 15 amide bonds. The summed E-state index contributed by atoms with van der Waals surface area (Å²) in [6, 6.07) is 6.32. The lowest BCUT2D eigenvalue weighted by molar-refractivity contribution is -0.138. The fourth-order valence-corrected chi connectivity index (χ4v) is 17.6. The van der Waals surface area contributed by atoms with Crippen LogP contribution in [0.2, 0.25) is 0 Å². The molecule has 0 bridgehead atoms. The van der Waals surface area contributed by atoms with E-state index in [9.17, 15) is 57.8 Å². The van der Waals surface area contributed by atoms with Crippen molar-refractivity contribution in [1.29, 1.82) is 0 Å². The SMILES string of the molecule is CC(=O)CCCCC[C@@H]1NC(=O)[C@H](Cc2c[nH]c3c(C)cccc23)NC(=O)[C@H]([C@@H](C)O)NC(=O)[C@H](CC(N)=O)NC(=O)[C@@H](NC(C)=O)C(C)(C)SSC(C)(C)[C@@H](C(=O)N[C@@H](Cc2ccc(OCCN)cc2)C(=O)N[C@@H](Cc2ccc3ccccc3c2)C(=O)N[C@@](C)(CCCCN)C(=O)N[C@@H](CCCCNC(C)=O)C(=O)N[C@@H](CC(N)=O)C(=O)N[C@H](CC(C)C)C(C)=O)NC1=O. The third kappa shape index (κ3) is 34.1. The minimum absolute atomic E-state index is 0.0736. The van der Waals surface area contributed by atoms with E-state index in [0.717, 1.165) is 51.8 Å². The van der Waals surface area contributed by atoms with Crippen molar-refractivity contribution in [3.05, 3.63) is 113 Å². The van der Waals surface area contributed by atoms with Crippen molar-refractivity contribution in [2.45, 2.75) is 287 Å². The maximum Gasteiger partial charge on any atom is 0.246 e. The van der Waals surface area contributed by atoms with Crippen LogP contribution < -0.4 is 96.8 Å². The number of aryl methyl sites for hydroxylation is 1. The Balaban J connectivity index is 1.54. The molecular weight excluding hydrogens is 1710 g/mol. The number of fused-ring (bicyclic) bond motifs is 2. The standard InChI is InChI=1S/C91H132N18O19S2/c1-50(2)42-66(53(5)111)100-82(121)70(47-72(94)115)102-78(117)65(30-19-22-40-96-55(7)113)106-88(127)91(13,37-20-21-38-92)109-84(123)68(45-58-31-34-59-26-17-18-27-60(59)43-58)101-80(119)67(44-57-32-35-62(36-33-57)128-41-39-93)104-87(126)77-90(11,12)130-129-89(9,10)76(98-56(8)114)86(125)105-71(48-73(95)116)83(122)107-75(54(6)112)85(124)103-69(46-61-49-97-74-51(3)24-23-28-63(61)74)81(120)99-64(79(118)108-77)29-16-14-15-25-52(4)110/h17-18,23-24,26-28,31-36,43,49-50,54,64-71,75-77,97,112H,14-16,19-22,25,29-30,37-42,44-48,92-93H2,1-13H3,(H2,94,115)(H2,95,116)(H,96,113)(H,98,114)(H,99,120)(H,100,121)(H,101,119)(H,102,117)(H,103,124)(H,104,126)(H,105,125)(H,106,127)(H,107,122)(H,108,118)(H,109,123)/t54-,64+,65+,66-,67+,68+,69+,70+,71+,75+,76-,77-,91+/m1/s1. The maximum atomic E-state index is 16.4. The number of carbonyl (C=O) groups excluding carboxylic acids is 17. The molecule has 0 saturated carbocycles. The number of aromatic amines is 1. The number of carbonyl (C=O) groups is 17. The van der Waals surface area contributed by atoms with Crippen LogP contribution in [0.5, 0.6) is 5.75 Å². The highest BCUT2D eigenvalue weighted by Gasteiger charge is 2.47. The number of Topliss-reactive ketones (excluding diaryl/α,β-unsaturated/α-hetero) is 2. The van der Waals surface area contributed by atoms with Gasteiger partial charge in [-0.25, -0.2) is 0 Å². The van der Waals surface area contributed by atoms with Crippen molar-refractivity contribution in [3.8, 4) is 5.75 Å². The van der Waals surface area contributed by atoms with Gasteiger partial charge in [-0.15, -0.1) is 0 Å². The molecular formula is C91H132N18O19S2. The van der Waals surface area contributed by atoms with Crippen LogP contribution in [0.3, 0.4) is 0 Å². The van der Waals surface area contributed by atoms with Gasteiger partial charge in [0.05, 0.1) is 25.0 Å². The molecule has 1 aliphatic heterocycles. The number of nitrogens with one attached hydrogen (secondary N) is 14. The van der Waals surface area contributed by atoms with Gasteiger partial charge in [-0.2, -0.15) is 0 Å².